The van der Waals surface area contributed by atoms with Gasteiger partial charge in [0.05, 0.1) is 4.90 Å². The van der Waals surface area contributed by atoms with Crippen molar-refractivity contribution in [3.63, 3.8) is 0 Å². The number of rotatable bonds is 4. The Morgan fingerprint density at radius 2 is 1.74 bits per heavy atom. The summed E-state index contributed by atoms with van der Waals surface area (Å²) in [7, 11) is -3.45. The van der Waals surface area contributed by atoms with Crippen molar-refractivity contribution < 1.29 is 17.2 Å². The standard InChI is InChI=1S/C15H18FN3O3S/c1-15(2,16)14-18-17-13(22-14)11-5-7-12(8-6-11)23(20,21)19-9-3-4-10-19/h5-8H,3-4,9-10H2,1-2H3. The average Bonchev–Trinajstić information content (AvgIpc) is 3.18. The Hall–Kier alpha value is -1.80. The first-order chi connectivity index (χ1) is 10.8. The molecular weight excluding hydrogens is 321 g/mol. The SMILES string of the molecule is CC(C)(F)c1nnc(-c2ccc(S(=O)(=O)N3CCCC3)cc2)o1. The van der Waals surface area contributed by atoms with Gasteiger partial charge in [-0.25, -0.2) is 12.8 Å². The first-order valence-electron chi connectivity index (χ1n) is 7.42. The molecule has 0 amide bonds. The van der Waals surface area contributed by atoms with E-state index in [-0.39, 0.29) is 16.7 Å². The van der Waals surface area contributed by atoms with Crippen LogP contribution in [0.25, 0.3) is 11.5 Å². The van der Waals surface area contributed by atoms with Crippen molar-refractivity contribution in [2.45, 2.75) is 37.3 Å². The second-order valence-electron chi connectivity index (χ2n) is 6.02. The Morgan fingerprint density at radius 1 is 1.13 bits per heavy atom. The average molecular weight is 339 g/mol. The van der Waals surface area contributed by atoms with Crippen LogP contribution in [0.5, 0.6) is 0 Å². The summed E-state index contributed by atoms with van der Waals surface area (Å²) < 4.78 is 45.4. The summed E-state index contributed by atoms with van der Waals surface area (Å²) in [5, 5.41) is 7.49. The molecule has 1 aromatic carbocycles. The lowest BCUT2D eigenvalue weighted by Crippen LogP contribution is -2.27. The van der Waals surface area contributed by atoms with E-state index in [1.807, 2.05) is 0 Å². The van der Waals surface area contributed by atoms with Crippen molar-refractivity contribution >= 4 is 10.0 Å². The summed E-state index contributed by atoms with van der Waals surface area (Å²) in [5.41, 5.74) is -1.17. The molecule has 2 aromatic rings. The summed E-state index contributed by atoms with van der Waals surface area (Å²) >= 11 is 0. The second-order valence-corrected chi connectivity index (χ2v) is 7.96. The summed E-state index contributed by atoms with van der Waals surface area (Å²) in [6.45, 7) is 3.78. The smallest absolute Gasteiger partial charge is 0.253 e. The Labute approximate surface area is 134 Å². The third-order valence-corrected chi connectivity index (χ3v) is 5.65. The molecule has 1 fully saturated rings. The third-order valence-electron chi connectivity index (χ3n) is 3.74. The van der Waals surface area contributed by atoms with E-state index in [0.29, 0.717) is 18.7 Å². The molecule has 0 saturated carbocycles. The number of alkyl halides is 1. The van der Waals surface area contributed by atoms with E-state index in [9.17, 15) is 12.8 Å². The molecule has 3 rings (SSSR count). The molecule has 8 heteroatoms. The molecule has 0 bridgehead atoms. The maximum Gasteiger partial charge on any atom is 0.253 e. The zero-order chi connectivity index (χ0) is 16.7. The van der Waals surface area contributed by atoms with E-state index in [4.69, 9.17) is 4.42 Å². The van der Waals surface area contributed by atoms with Crippen LogP contribution < -0.4 is 0 Å². The van der Waals surface area contributed by atoms with Gasteiger partial charge in [-0.2, -0.15) is 4.31 Å². The molecule has 1 saturated heterocycles. The number of halogens is 1. The largest absolute Gasteiger partial charge is 0.417 e. The molecule has 0 spiro atoms. The fourth-order valence-corrected chi connectivity index (χ4v) is 3.94. The molecule has 0 N–H and O–H groups in total. The fraction of sp³-hybridized carbons (Fsp3) is 0.467. The summed E-state index contributed by atoms with van der Waals surface area (Å²) in [5.74, 6) is 0.0529. The number of hydrogen-bond donors (Lipinski definition) is 0. The third kappa shape index (κ3) is 3.13. The Balaban J connectivity index is 1.86. The van der Waals surface area contributed by atoms with Gasteiger partial charge in [-0.15, -0.1) is 10.2 Å². The first kappa shape index (κ1) is 16.1. The number of benzene rings is 1. The number of hydrogen-bond acceptors (Lipinski definition) is 5. The second kappa shape index (κ2) is 5.68. The van der Waals surface area contributed by atoms with Crippen LogP contribution in [-0.2, 0) is 15.7 Å². The van der Waals surface area contributed by atoms with Crippen LogP contribution in [0.2, 0.25) is 0 Å². The van der Waals surface area contributed by atoms with E-state index >= 15 is 0 Å². The van der Waals surface area contributed by atoms with Crippen LogP contribution in [0, 0.1) is 0 Å². The zero-order valence-corrected chi connectivity index (χ0v) is 13.8. The van der Waals surface area contributed by atoms with Crippen LogP contribution in [0.4, 0.5) is 4.39 Å². The Bertz CT molecular complexity index is 788. The van der Waals surface area contributed by atoms with Crippen LogP contribution in [0.1, 0.15) is 32.6 Å². The van der Waals surface area contributed by atoms with Gasteiger partial charge in [-0.05, 0) is 51.0 Å². The number of sulfonamides is 1. The van der Waals surface area contributed by atoms with Crippen molar-refractivity contribution in [2.75, 3.05) is 13.1 Å². The minimum atomic E-state index is -3.45. The number of aromatic nitrogens is 2. The summed E-state index contributed by atoms with van der Waals surface area (Å²) in [6, 6.07) is 6.19. The minimum Gasteiger partial charge on any atom is -0.417 e. The lowest BCUT2D eigenvalue weighted by molar-refractivity contribution is 0.171. The van der Waals surface area contributed by atoms with Gasteiger partial charge < -0.3 is 4.42 Å². The molecule has 2 heterocycles. The van der Waals surface area contributed by atoms with E-state index in [1.54, 1.807) is 12.1 Å². The zero-order valence-electron chi connectivity index (χ0n) is 13.0. The molecule has 23 heavy (non-hydrogen) atoms. The van der Waals surface area contributed by atoms with Crippen LogP contribution in [-0.4, -0.2) is 36.0 Å². The molecule has 1 aliphatic rings. The highest BCUT2D eigenvalue weighted by molar-refractivity contribution is 7.89. The highest BCUT2D eigenvalue weighted by Crippen LogP contribution is 2.28. The van der Waals surface area contributed by atoms with Crippen molar-refractivity contribution in [1.82, 2.24) is 14.5 Å². The predicted octanol–water partition coefficient (Wildman–Crippen LogP) is 2.73. The lowest BCUT2D eigenvalue weighted by Gasteiger charge is -2.15. The van der Waals surface area contributed by atoms with Crippen LogP contribution in [0.3, 0.4) is 0 Å². The molecule has 1 aromatic heterocycles. The van der Waals surface area contributed by atoms with E-state index in [0.717, 1.165) is 12.8 Å². The Kier molecular flexibility index (Phi) is 3.97. The van der Waals surface area contributed by atoms with Crippen molar-refractivity contribution in [1.29, 1.82) is 0 Å². The topological polar surface area (TPSA) is 76.3 Å². The van der Waals surface area contributed by atoms with E-state index in [1.165, 1.54) is 30.3 Å². The van der Waals surface area contributed by atoms with Crippen molar-refractivity contribution in [2.24, 2.45) is 0 Å². The van der Waals surface area contributed by atoms with Gasteiger partial charge in [0, 0.05) is 18.7 Å². The first-order valence-corrected chi connectivity index (χ1v) is 8.86. The molecule has 1 aliphatic heterocycles. The van der Waals surface area contributed by atoms with E-state index < -0.39 is 15.7 Å². The summed E-state index contributed by atoms with van der Waals surface area (Å²) in [4.78, 5) is 0.230. The van der Waals surface area contributed by atoms with Gasteiger partial charge in [0.2, 0.25) is 15.9 Å². The molecule has 6 nitrogen and oxygen atoms in total. The highest BCUT2D eigenvalue weighted by atomic mass is 32.2. The van der Waals surface area contributed by atoms with Crippen molar-refractivity contribution in [3.8, 4) is 11.5 Å². The predicted molar refractivity (Wildman–Crippen MR) is 81.9 cm³/mol. The summed E-state index contributed by atoms with van der Waals surface area (Å²) in [6.07, 6.45) is 1.78. The molecule has 0 unspecified atom stereocenters. The maximum absolute atomic E-state index is 13.8. The maximum atomic E-state index is 13.8. The fourth-order valence-electron chi connectivity index (χ4n) is 2.43. The normalized spacial score (nSPS) is 16.8. The van der Waals surface area contributed by atoms with Gasteiger partial charge in [-0.3, -0.25) is 0 Å². The van der Waals surface area contributed by atoms with Gasteiger partial charge in [0.25, 0.3) is 5.89 Å². The molecule has 0 atom stereocenters. The Morgan fingerprint density at radius 3 is 2.26 bits per heavy atom. The number of nitrogens with zero attached hydrogens (tertiary/aromatic N) is 3. The van der Waals surface area contributed by atoms with Gasteiger partial charge in [0.1, 0.15) is 0 Å². The monoisotopic (exact) mass is 339 g/mol. The van der Waals surface area contributed by atoms with Gasteiger partial charge in [-0.1, -0.05) is 0 Å². The minimum absolute atomic E-state index is 0.110. The van der Waals surface area contributed by atoms with Crippen LogP contribution in [0.15, 0.2) is 33.6 Å². The quantitative estimate of drug-likeness (QED) is 0.856. The molecule has 0 aliphatic carbocycles. The molecule has 0 radical (unpaired) electrons. The molecular formula is C15H18FN3O3S. The van der Waals surface area contributed by atoms with Gasteiger partial charge in [0.15, 0.2) is 5.67 Å². The van der Waals surface area contributed by atoms with E-state index in [2.05, 4.69) is 10.2 Å². The highest BCUT2D eigenvalue weighted by Gasteiger charge is 2.28. The van der Waals surface area contributed by atoms with Crippen molar-refractivity contribution in [3.05, 3.63) is 30.2 Å². The molecule has 124 valence electrons. The lowest BCUT2D eigenvalue weighted by atomic mass is 10.2. The van der Waals surface area contributed by atoms with Crippen LogP contribution >= 0.6 is 0 Å². The van der Waals surface area contributed by atoms with Gasteiger partial charge >= 0.3 is 0 Å².